The molecule has 1 saturated heterocycles. The van der Waals surface area contributed by atoms with Gasteiger partial charge in [0.15, 0.2) is 0 Å². The fourth-order valence-electron chi connectivity index (χ4n) is 4.67. The second-order valence-electron chi connectivity index (χ2n) is 7.47. The van der Waals surface area contributed by atoms with E-state index in [4.69, 9.17) is 0 Å². The van der Waals surface area contributed by atoms with Gasteiger partial charge in [0.25, 0.3) is 0 Å². The molecule has 0 bridgehead atoms. The summed E-state index contributed by atoms with van der Waals surface area (Å²) in [6.07, 6.45) is 5.50. The highest BCUT2D eigenvalue weighted by Gasteiger charge is 2.54. The minimum Gasteiger partial charge on any atom is -0.338 e. The molecule has 1 aliphatic carbocycles. The Hall–Kier alpha value is -1.62. The minimum atomic E-state index is -0.199. The number of rotatable bonds is 3. The monoisotopic (exact) mass is 331 g/mol. The van der Waals surface area contributed by atoms with Crippen LogP contribution in [0.2, 0.25) is 0 Å². The van der Waals surface area contributed by atoms with Gasteiger partial charge in [0.05, 0.1) is 0 Å². The van der Waals surface area contributed by atoms with Gasteiger partial charge in [-0.2, -0.15) is 0 Å². The SMILES string of the molecule is CCNC(=O)N1c2ccc(F)cc2C2(CCNCC2)C1CC1CC1. The molecule has 2 fully saturated rings. The summed E-state index contributed by atoms with van der Waals surface area (Å²) in [4.78, 5) is 14.8. The molecule has 3 aliphatic rings. The van der Waals surface area contributed by atoms with Crippen molar-refractivity contribution < 1.29 is 9.18 Å². The van der Waals surface area contributed by atoms with Crippen LogP contribution in [0.1, 0.15) is 44.6 Å². The highest BCUT2D eigenvalue weighted by atomic mass is 19.1. The van der Waals surface area contributed by atoms with Gasteiger partial charge < -0.3 is 10.6 Å². The fraction of sp³-hybridized carbons (Fsp3) is 0.632. The summed E-state index contributed by atoms with van der Waals surface area (Å²) >= 11 is 0. The Morgan fingerprint density at radius 3 is 2.79 bits per heavy atom. The van der Waals surface area contributed by atoms with Crippen LogP contribution < -0.4 is 15.5 Å². The maximum Gasteiger partial charge on any atom is 0.322 e. The van der Waals surface area contributed by atoms with Gasteiger partial charge in [-0.05, 0) is 69.0 Å². The van der Waals surface area contributed by atoms with E-state index in [2.05, 4.69) is 10.6 Å². The Bertz CT molecular complexity index is 637. The van der Waals surface area contributed by atoms with Gasteiger partial charge in [-0.25, -0.2) is 9.18 Å². The first-order chi connectivity index (χ1) is 11.7. The number of piperidine rings is 1. The number of hydrogen-bond donors (Lipinski definition) is 2. The van der Waals surface area contributed by atoms with Gasteiger partial charge in [0.1, 0.15) is 5.82 Å². The third-order valence-electron chi connectivity index (χ3n) is 6.00. The molecule has 2 N–H and O–H groups in total. The van der Waals surface area contributed by atoms with Crippen molar-refractivity contribution in [2.45, 2.75) is 50.5 Å². The van der Waals surface area contributed by atoms with Crippen LogP contribution in [-0.4, -0.2) is 31.7 Å². The Balaban J connectivity index is 1.81. The normalized spacial score (nSPS) is 24.9. The Morgan fingerprint density at radius 2 is 2.12 bits per heavy atom. The smallest absolute Gasteiger partial charge is 0.322 e. The lowest BCUT2D eigenvalue weighted by Crippen LogP contribution is -2.54. The number of carbonyl (C=O) groups is 1. The summed E-state index contributed by atoms with van der Waals surface area (Å²) in [6.45, 7) is 4.41. The van der Waals surface area contributed by atoms with E-state index in [1.165, 1.54) is 18.9 Å². The zero-order chi connectivity index (χ0) is 16.7. The maximum absolute atomic E-state index is 14.0. The van der Waals surface area contributed by atoms with Gasteiger partial charge >= 0.3 is 6.03 Å². The summed E-state index contributed by atoms with van der Waals surface area (Å²) < 4.78 is 14.0. The molecule has 1 saturated carbocycles. The van der Waals surface area contributed by atoms with Crippen molar-refractivity contribution in [3.05, 3.63) is 29.6 Å². The molecular formula is C19H26FN3O. The van der Waals surface area contributed by atoms with E-state index in [1.807, 2.05) is 11.8 Å². The standard InChI is InChI=1S/C19H26FN3O/c1-2-22-18(24)23-16-6-5-14(20)12-15(16)19(7-9-21-10-8-19)17(23)11-13-3-4-13/h5-6,12-13,17,21H,2-4,7-11H2,1H3,(H,22,24). The first-order valence-corrected chi connectivity index (χ1v) is 9.23. The van der Waals surface area contributed by atoms with Crippen LogP contribution in [0.25, 0.3) is 0 Å². The quantitative estimate of drug-likeness (QED) is 0.893. The Morgan fingerprint density at radius 1 is 1.38 bits per heavy atom. The Kier molecular flexibility index (Phi) is 3.99. The third kappa shape index (κ3) is 2.50. The number of carbonyl (C=O) groups excluding carboxylic acids is 1. The van der Waals surface area contributed by atoms with Crippen molar-refractivity contribution in [1.29, 1.82) is 0 Å². The lowest BCUT2D eigenvalue weighted by atomic mass is 9.68. The van der Waals surface area contributed by atoms with E-state index >= 15 is 0 Å². The van der Waals surface area contributed by atoms with E-state index in [9.17, 15) is 9.18 Å². The number of hydrogen-bond acceptors (Lipinski definition) is 2. The number of halogens is 1. The average molecular weight is 331 g/mol. The zero-order valence-electron chi connectivity index (χ0n) is 14.3. The number of nitrogens with one attached hydrogen (secondary N) is 2. The second kappa shape index (κ2) is 6.03. The summed E-state index contributed by atoms with van der Waals surface area (Å²) in [6, 6.07) is 5.08. The van der Waals surface area contributed by atoms with Gasteiger partial charge in [-0.15, -0.1) is 0 Å². The fourth-order valence-corrected chi connectivity index (χ4v) is 4.67. The molecule has 5 heteroatoms. The van der Waals surface area contributed by atoms with Crippen molar-refractivity contribution in [2.75, 3.05) is 24.5 Å². The maximum atomic E-state index is 14.0. The van der Waals surface area contributed by atoms with E-state index < -0.39 is 0 Å². The second-order valence-corrected chi connectivity index (χ2v) is 7.47. The predicted octanol–water partition coefficient (Wildman–Crippen LogP) is 3.17. The third-order valence-corrected chi connectivity index (χ3v) is 6.00. The first-order valence-electron chi connectivity index (χ1n) is 9.23. The van der Waals surface area contributed by atoms with Gasteiger partial charge in [0, 0.05) is 23.7 Å². The largest absolute Gasteiger partial charge is 0.338 e. The zero-order valence-corrected chi connectivity index (χ0v) is 14.3. The minimum absolute atomic E-state index is 0.0357. The molecule has 4 rings (SSSR count). The number of urea groups is 1. The molecule has 1 aromatic carbocycles. The number of anilines is 1. The van der Waals surface area contributed by atoms with Crippen LogP contribution in [-0.2, 0) is 5.41 Å². The summed E-state index contributed by atoms with van der Waals surface area (Å²) in [5, 5.41) is 6.39. The molecule has 1 spiro atoms. The van der Waals surface area contributed by atoms with Crippen molar-refractivity contribution >= 4 is 11.7 Å². The van der Waals surface area contributed by atoms with Crippen molar-refractivity contribution in [3.8, 4) is 0 Å². The van der Waals surface area contributed by atoms with Crippen LogP contribution in [0, 0.1) is 11.7 Å². The van der Waals surface area contributed by atoms with E-state index in [-0.39, 0.29) is 23.3 Å². The number of amides is 2. The van der Waals surface area contributed by atoms with E-state index in [0.29, 0.717) is 6.54 Å². The first kappa shape index (κ1) is 15.9. The molecule has 2 aliphatic heterocycles. The summed E-state index contributed by atoms with van der Waals surface area (Å²) in [5.41, 5.74) is 1.85. The number of nitrogens with zero attached hydrogens (tertiary/aromatic N) is 1. The van der Waals surface area contributed by atoms with Crippen LogP contribution in [0.3, 0.4) is 0 Å². The lowest BCUT2D eigenvalue weighted by Gasteiger charge is -2.42. The van der Waals surface area contributed by atoms with Crippen LogP contribution in [0.15, 0.2) is 18.2 Å². The van der Waals surface area contributed by atoms with Crippen molar-refractivity contribution in [3.63, 3.8) is 0 Å². The topological polar surface area (TPSA) is 44.4 Å². The van der Waals surface area contributed by atoms with Gasteiger partial charge in [0.2, 0.25) is 0 Å². The molecule has 2 amide bonds. The number of benzene rings is 1. The van der Waals surface area contributed by atoms with Crippen molar-refractivity contribution in [1.82, 2.24) is 10.6 Å². The van der Waals surface area contributed by atoms with E-state index in [0.717, 1.165) is 49.5 Å². The highest BCUT2D eigenvalue weighted by molar-refractivity contribution is 5.96. The molecule has 130 valence electrons. The molecule has 24 heavy (non-hydrogen) atoms. The lowest BCUT2D eigenvalue weighted by molar-refractivity contribution is 0.225. The van der Waals surface area contributed by atoms with Crippen LogP contribution in [0.5, 0.6) is 0 Å². The predicted molar refractivity (Wildman–Crippen MR) is 92.9 cm³/mol. The molecule has 1 aromatic rings. The molecule has 1 unspecified atom stereocenters. The molecule has 2 heterocycles. The van der Waals surface area contributed by atoms with Crippen LogP contribution >= 0.6 is 0 Å². The molecule has 0 radical (unpaired) electrons. The molecule has 0 aromatic heterocycles. The average Bonchev–Trinajstić information content (AvgIpc) is 3.36. The van der Waals surface area contributed by atoms with Crippen LogP contribution in [0.4, 0.5) is 14.9 Å². The molecule has 4 nitrogen and oxygen atoms in total. The molecular weight excluding hydrogens is 305 g/mol. The molecule has 1 atom stereocenters. The Labute approximate surface area is 142 Å². The van der Waals surface area contributed by atoms with Gasteiger partial charge in [-0.1, -0.05) is 12.8 Å². The number of fused-ring (bicyclic) bond motifs is 2. The highest BCUT2D eigenvalue weighted by Crippen LogP contribution is 2.54. The summed E-state index contributed by atoms with van der Waals surface area (Å²) in [5.74, 6) is 0.521. The van der Waals surface area contributed by atoms with E-state index in [1.54, 1.807) is 12.1 Å². The van der Waals surface area contributed by atoms with Crippen molar-refractivity contribution in [2.24, 2.45) is 5.92 Å². The van der Waals surface area contributed by atoms with Gasteiger partial charge in [-0.3, -0.25) is 4.90 Å². The summed E-state index contributed by atoms with van der Waals surface area (Å²) in [7, 11) is 0.